The predicted octanol–water partition coefficient (Wildman–Crippen LogP) is 2.29. The summed E-state index contributed by atoms with van der Waals surface area (Å²) in [5.41, 5.74) is 1.25. The fourth-order valence-corrected chi connectivity index (χ4v) is 1.44. The van der Waals surface area contributed by atoms with E-state index in [0.717, 1.165) is 5.69 Å². The molecule has 17 heavy (non-hydrogen) atoms. The molecule has 0 spiro atoms. The normalized spacial score (nSPS) is 13.3. The zero-order valence-electron chi connectivity index (χ0n) is 11.5. The zero-order chi connectivity index (χ0) is 13.2. The quantitative estimate of drug-likeness (QED) is 0.790. The molecule has 4 nitrogen and oxygen atoms in total. The van der Waals surface area contributed by atoms with E-state index in [-0.39, 0.29) is 17.4 Å². The Balaban J connectivity index is 2.87. The number of aromatic nitrogens is 2. The molecule has 1 heterocycles. The monoisotopic (exact) mass is 235 g/mol. The van der Waals surface area contributed by atoms with Crippen molar-refractivity contribution in [3.05, 3.63) is 23.8 Å². The van der Waals surface area contributed by atoms with Crippen LogP contribution in [0.5, 0.6) is 0 Å². The predicted molar refractivity (Wildman–Crippen MR) is 67.8 cm³/mol. The molecular formula is C13H21N3O. The number of carbonyl (C=O) groups excluding carboxylic acids is 1. The Labute approximate surface area is 103 Å². The van der Waals surface area contributed by atoms with Gasteiger partial charge in [0.05, 0.1) is 11.9 Å². The van der Waals surface area contributed by atoms with Gasteiger partial charge in [0.25, 0.3) is 5.91 Å². The maximum atomic E-state index is 12.2. The summed E-state index contributed by atoms with van der Waals surface area (Å²) < 4.78 is 0. The number of rotatable bonds is 2. The van der Waals surface area contributed by atoms with Gasteiger partial charge in [0, 0.05) is 19.3 Å². The van der Waals surface area contributed by atoms with Crippen LogP contribution in [0.1, 0.15) is 43.9 Å². The molecule has 0 aliphatic heterocycles. The molecule has 0 saturated heterocycles. The molecule has 1 unspecified atom stereocenters. The topological polar surface area (TPSA) is 46.1 Å². The van der Waals surface area contributed by atoms with Crippen molar-refractivity contribution in [3.63, 3.8) is 0 Å². The third-order valence-corrected chi connectivity index (χ3v) is 3.15. The molecule has 4 heteroatoms. The Kier molecular flexibility index (Phi) is 3.86. The molecule has 0 saturated carbocycles. The van der Waals surface area contributed by atoms with Gasteiger partial charge in [0.2, 0.25) is 0 Å². The fraction of sp³-hybridized carbons (Fsp3) is 0.615. The van der Waals surface area contributed by atoms with E-state index in [0.29, 0.717) is 5.69 Å². The Morgan fingerprint density at radius 2 is 1.88 bits per heavy atom. The van der Waals surface area contributed by atoms with Crippen molar-refractivity contribution in [2.24, 2.45) is 5.41 Å². The molecule has 1 rings (SSSR count). The average Bonchev–Trinajstić information content (AvgIpc) is 2.26. The number of hydrogen-bond acceptors (Lipinski definition) is 3. The van der Waals surface area contributed by atoms with Gasteiger partial charge in [-0.2, -0.15) is 0 Å². The van der Waals surface area contributed by atoms with Gasteiger partial charge in [0.1, 0.15) is 5.69 Å². The second-order valence-corrected chi connectivity index (χ2v) is 5.50. The van der Waals surface area contributed by atoms with Crippen LogP contribution in [-0.4, -0.2) is 33.9 Å². The number of nitrogens with zero attached hydrogens (tertiary/aromatic N) is 3. The molecular weight excluding hydrogens is 214 g/mol. The first-order valence-corrected chi connectivity index (χ1v) is 5.79. The Morgan fingerprint density at radius 3 is 2.29 bits per heavy atom. The van der Waals surface area contributed by atoms with Crippen molar-refractivity contribution in [2.45, 2.75) is 40.7 Å². The number of amides is 1. The molecule has 1 aromatic heterocycles. The van der Waals surface area contributed by atoms with Crippen molar-refractivity contribution in [2.75, 3.05) is 7.05 Å². The summed E-state index contributed by atoms with van der Waals surface area (Å²) in [5.74, 6) is -0.0834. The summed E-state index contributed by atoms with van der Waals surface area (Å²) in [5, 5.41) is 0. The van der Waals surface area contributed by atoms with Crippen molar-refractivity contribution in [1.82, 2.24) is 14.9 Å². The minimum atomic E-state index is -0.0834. The van der Waals surface area contributed by atoms with Crippen molar-refractivity contribution < 1.29 is 4.79 Å². The third-order valence-electron chi connectivity index (χ3n) is 3.15. The lowest BCUT2D eigenvalue weighted by Crippen LogP contribution is -2.43. The smallest absolute Gasteiger partial charge is 0.274 e. The minimum Gasteiger partial charge on any atom is -0.337 e. The second-order valence-electron chi connectivity index (χ2n) is 5.50. The van der Waals surface area contributed by atoms with Crippen LogP contribution in [0.15, 0.2) is 12.4 Å². The summed E-state index contributed by atoms with van der Waals surface area (Å²) >= 11 is 0. The van der Waals surface area contributed by atoms with Gasteiger partial charge in [-0.3, -0.25) is 9.78 Å². The maximum absolute atomic E-state index is 12.2. The molecule has 1 aromatic rings. The molecule has 1 atom stereocenters. The van der Waals surface area contributed by atoms with Gasteiger partial charge < -0.3 is 4.90 Å². The number of carbonyl (C=O) groups is 1. The van der Waals surface area contributed by atoms with Gasteiger partial charge in [-0.05, 0) is 19.3 Å². The summed E-state index contributed by atoms with van der Waals surface area (Å²) in [6.07, 6.45) is 3.15. The largest absolute Gasteiger partial charge is 0.337 e. The van der Waals surface area contributed by atoms with Crippen LogP contribution in [0.3, 0.4) is 0 Å². The summed E-state index contributed by atoms with van der Waals surface area (Å²) in [6, 6.07) is 0.137. The summed E-state index contributed by atoms with van der Waals surface area (Å²) in [4.78, 5) is 22.1. The average molecular weight is 235 g/mol. The van der Waals surface area contributed by atoms with E-state index in [1.807, 2.05) is 13.8 Å². The Bertz CT molecular complexity index is 392. The van der Waals surface area contributed by atoms with Crippen molar-refractivity contribution in [3.8, 4) is 0 Å². The van der Waals surface area contributed by atoms with Crippen molar-refractivity contribution >= 4 is 5.91 Å². The molecule has 0 radical (unpaired) electrons. The minimum absolute atomic E-state index is 0.0442. The molecule has 0 aliphatic rings. The highest BCUT2D eigenvalue weighted by atomic mass is 16.2. The SMILES string of the molecule is Cc1cnc(C(=O)N(C)C(C)C(C)(C)C)cn1. The molecule has 0 N–H and O–H groups in total. The van der Waals surface area contributed by atoms with E-state index in [2.05, 4.69) is 30.7 Å². The van der Waals surface area contributed by atoms with E-state index < -0.39 is 0 Å². The van der Waals surface area contributed by atoms with E-state index in [1.54, 1.807) is 18.1 Å². The molecule has 0 aromatic carbocycles. The first-order chi connectivity index (χ1) is 7.73. The van der Waals surface area contributed by atoms with Crippen LogP contribution in [-0.2, 0) is 0 Å². The maximum Gasteiger partial charge on any atom is 0.274 e. The van der Waals surface area contributed by atoms with Crippen LogP contribution in [0.4, 0.5) is 0 Å². The van der Waals surface area contributed by atoms with Gasteiger partial charge in [-0.25, -0.2) is 4.98 Å². The van der Waals surface area contributed by atoms with Crippen LogP contribution in [0, 0.1) is 12.3 Å². The van der Waals surface area contributed by atoms with E-state index in [4.69, 9.17) is 0 Å². The van der Waals surface area contributed by atoms with Crippen LogP contribution >= 0.6 is 0 Å². The lowest BCUT2D eigenvalue weighted by atomic mass is 9.87. The Morgan fingerprint density at radius 1 is 1.29 bits per heavy atom. The summed E-state index contributed by atoms with van der Waals surface area (Å²) in [6.45, 7) is 10.2. The van der Waals surface area contributed by atoms with E-state index >= 15 is 0 Å². The second kappa shape index (κ2) is 4.82. The van der Waals surface area contributed by atoms with Crippen molar-refractivity contribution in [1.29, 1.82) is 0 Å². The van der Waals surface area contributed by atoms with Crippen LogP contribution in [0.2, 0.25) is 0 Å². The number of aryl methyl sites for hydroxylation is 1. The fourth-order valence-electron chi connectivity index (χ4n) is 1.44. The van der Waals surface area contributed by atoms with Gasteiger partial charge in [0.15, 0.2) is 0 Å². The van der Waals surface area contributed by atoms with Gasteiger partial charge in [-0.15, -0.1) is 0 Å². The standard InChI is InChI=1S/C13H21N3O/c1-9-7-15-11(8-14-9)12(17)16(6)10(2)13(3,4)5/h7-8,10H,1-6H3. The van der Waals surface area contributed by atoms with E-state index in [1.165, 1.54) is 6.20 Å². The molecule has 1 amide bonds. The third kappa shape index (κ3) is 3.25. The zero-order valence-corrected chi connectivity index (χ0v) is 11.5. The molecule has 0 bridgehead atoms. The van der Waals surface area contributed by atoms with E-state index in [9.17, 15) is 4.79 Å². The van der Waals surface area contributed by atoms with Gasteiger partial charge in [-0.1, -0.05) is 20.8 Å². The first-order valence-electron chi connectivity index (χ1n) is 5.79. The Hall–Kier alpha value is -1.45. The van der Waals surface area contributed by atoms with Crippen LogP contribution < -0.4 is 0 Å². The highest BCUT2D eigenvalue weighted by molar-refractivity contribution is 5.92. The summed E-state index contributed by atoms with van der Waals surface area (Å²) in [7, 11) is 1.81. The number of hydrogen-bond donors (Lipinski definition) is 0. The molecule has 0 fully saturated rings. The van der Waals surface area contributed by atoms with Gasteiger partial charge >= 0.3 is 0 Å². The first kappa shape index (κ1) is 13.6. The molecule has 94 valence electrons. The lowest BCUT2D eigenvalue weighted by Gasteiger charge is -2.35. The molecule has 0 aliphatic carbocycles. The lowest BCUT2D eigenvalue weighted by molar-refractivity contribution is 0.0623. The van der Waals surface area contributed by atoms with Crippen LogP contribution in [0.25, 0.3) is 0 Å². The highest BCUT2D eigenvalue weighted by Gasteiger charge is 2.28. The highest BCUT2D eigenvalue weighted by Crippen LogP contribution is 2.23.